The molecule has 1 aromatic rings. The number of hydrogen-bond acceptors (Lipinski definition) is 3. The van der Waals surface area contributed by atoms with E-state index in [0.717, 1.165) is 12.3 Å². The van der Waals surface area contributed by atoms with Crippen LogP contribution >= 0.6 is 0 Å². The number of aryl methyl sites for hydroxylation is 1. The lowest BCUT2D eigenvalue weighted by Gasteiger charge is -2.05. The highest BCUT2D eigenvalue weighted by Gasteiger charge is 2.16. The Morgan fingerprint density at radius 1 is 1.35 bits per heavy atom. The minimum Gasteiger partial charge on any atom is -0.481 e. The molecule has 0 aliphatic heterocycles. The molecule has 94 valence electrons. The van der Waals surface area contributed by atoms with Gasteiger partial charge in [0, 0.05) is 12.7 Å². The number of halogens is 2. The van der Waals surface area contributed by atoms with Crippen LogP contribution in [-0.2, 0) is 21.1 Å². The molecule has 0 spiro atoms. The highest BCUT2D eigenvalue weighted by atomic mass is 32.2. The van der Waals surface area contributed by atoms with Gasteiger partial charge < -0.3 is 5.11 Å². The Kier molecular flexibility index (Phi) is 3.82. The summed E-state index contributed by atoms with van der Waals surface area (Å²) in [6.07, 6.45) is 0.200. The SMILES string of the molecule is CS(=O)(=O)c1cc(F)c(F)c(CCC(=O)O)c1. The lowest BCUT2D eigenvalue weighted by Crippen LogP contribution is -2.05. The number of sulfone groups is 1. The molecular formula is C10H10F2O4S. The van der Waals surface area contributed by atoms with Gasteiger partial charge in [-0.1, -0.05) is 0 Å². The summed E-state index contributed by atoms with van der Waals surface area (Å²) < 4.78 is 48.7. The second-order valence-corrected chi connectivity index (χ2v) is 5.56. The molecule has 0 saturated heterocycles. The quantitative estimate of drug-likeness (QED) is 0.834. The summed E-state index contributed by atoms with van der Waals surface area (Å²) in [5, 5.41) is 8.43. The number of benzene rings is 1. The maximum Gasteiger partial charge on any atom is 0.303 e. The molecule has 0 aliphatic rings. The predicted octanol–water partition coefficient (Wildman–Crippen LogP) is 1.39. The van der Waals surface area contributed by atoms with Gasteiger partial charge in [0.1, 0.15) is 0 Å². The molecule has 0 bridgehead atoms. The van der Waals surface area contributed by atoms with Crippen molar-refractivity contribution in [2.45, 2.75) is 17.7 Å². The zero-order valence-corrected chi connectivity index (χ0v) is 9.72. The maximum absolute atomic E-state index is 13.3. The predicted molar refractivity (Wildman–Crippen MR) is 55.4 cm³/mol. The Morgan fingerprint density at radius 2 is 1.94 bits per heavy atom. The van der Waals surface area contributed by atoms with Crippen LogP contribution in [0.15, 0.2) is 17.0 Å². The van der Waals surface area contributed by atoms with Crippen molar-refractivity contribution in [1.82, 2.24) is 0 Å². The summed E-state index contributed by atoms with van der Waals surface area (Å²) in [7, 11) is -3.66. The lowest BCUT2D eigenvalue weighted by molar-refractivity contribution is -0.136. The van der Waals surface area contributed by atoms with E-state index in [4.69, 9.17) is 5.11 Å². The summed E-state index contributed by atoms with van der Waals surface area (Å²) in [6.45, 7) is 0. The van der Waals surface area contributed by atoms with Crippen LogP contribution < -0.4 is 0 Å². The van der Waals surface area contributed by atoms with Crippen LogP contribution in [0.4, 0.5) is 8.78 Å². The van der Waals surface area contributed by atoms with E-state index in [1.807, 2.05) is 0 Å². The van der Waals surface area contributed by atoms with Gasteiger partial charge in [0.15, 0.2) is 21.5 Å². The van der Waals surface area contributed by atoms with Crippen molar-refractivity contribution in [3.8, 4) is 0 Å². The Morgan fingerprint density at radius 3 is 2.41 bits per heavy atom. The number of carboxylic acid groups (broad SMARTS) is 1. The molecule has 0 aliphatic carbocycles. The van der Waals surface area contributed by atoms with Crippen LogP contribution in [0.5, 0.6) is 0 Å². The Balaban J connectivity index is 3.21. The third-order valence-electron chi connectivity index (χ3n) is 2.11. The summed E-state index contributed by atoms with van der Waals surface area (Å²) in [5.41, 5.74) is -0.257. The average molecular weight is 264 g/mol. The number of carbonyl (C=O) groups is 1. The van der Waals surface area contributed by atoms with Crippen LogP contribution in [0.1, 0.15) is 12.0 Å². The number of aliphatic carboxylic acids is 1. The molecule has 0 unspecified atom stereocenters. The molecule has 0 fully saturated rings. The zero-order valence-electron chi connectivity index (χ0n) is 8.91. The fourth-order valence-corrected chi connectivity index (χ4v) is 1.93. The highest BCUT2D eigenvalue weighted by Crippen LogP contribution is 2.20. The van der Waals surface area contributed by atoms with Crippen molar-refractivity contribution in [2.75, 3.05) is 6.26 Å². The van der Waals surface area contributed by atoms with Gasteiger partial charge in [0.25, 0.3) is 0 Å². The molecular weight excluding hydrogens is 254 g/mol. The number of hydrogen-bond donors (Lipinski definition) is 1. The van der Waals surface area contributed by atoms with E-state index in [1.165, 1.54) is 0 Å². The molecule has 0 saturated carbocycles. The number of rotatable bonds is 4. The van der Waals surface area contributed by atoms with Gasteiger partial charge in [-0.3, -0.25) is 4.79 Å². The van der Waals surface area contributed by atoms with Crippen LogP contribution in [0.2, 0.25) is 0 Å². The van der Waals surface area contributed by atoms with Gasteiger partial charge >= 0.3 is 5.97 Å². The summed E-state index contributed by atoms with van der Waals surface area (Å²) in [6, 6.07) is 1.53. The third-order valence-corrected chi connectivity index (χ3v) is 3.21. The van der Waals surface area contributed by atoms with Crippen molar-refractivity contribution in [1.29, 1.82) is 0 Å². The fourth-order valence-electron chi connectivity index (χ4n) is 1.26. The van der Waals surface area contributed by atoms with Gasteiger partial charge in [-0.15, -0.1) is 0 Å². The molecule has 4 nitrogen and oxygen atoms in total. The van der Waals surface area contributed by atoms with Gasteiger partial charge in [-0.2, -0.15) is 0 Å². The first-order valence-corrected chi connectivity index (χ1v) is 6.50. The topological polar surface area (TPSA) is 71.4 Å². The zero-order chi connectivity index (χ0) is 13.2. The van der Waals surface area contributed by atoms with E-state index in [2.05, 4.69) is 0 Å². The molecule has 1 rings (SSSR count). The van der Waals surface area contributed by atoms with Gasteiger partial charge in [0.2, 0.25) is 0 Å². The minimum absolute atomic E-state index is 0.257. The first-order chi connectivity index (χ1) is 7.71. The molecule has 7 heteroatoms. The first kappa shape index (κ1) is 13.6. The van der Waals surface area contributed by atoms with Crippen molar-refractivity contribution in [3.63, 3.8) is 0 Å². The Hall–Kier alpha value is -1.50. The molecule has 0 aromatic heterocycles. The van der Waals surface area contributed by atoms with Crippen LogP contribution in [0, 0.1) is 11.6 Å². The van der Waals surface area contributed by atoms with E-state index in [9.17, 15) is 22.0 Å². The standard InChI is InChI=1S/C10H10F2O4S/c1-17(15,16)7-4-6(2-3-9(13)14)10(12)8(11)5-7/h4-5H,2-3H2,1H3,(H,13,14). The van der Waals surface area contributed by atoms with Gasteiger partial charge in [0.05, 0.1) is 4.90 Å². The van der Waals surface area contributed by atoms with Crippen molar-refractivity contribution < 1.29 is 27.1 Å². The number of carboxylic acids is 1. The fraction of sp³-hybridized carbons (Fsp3) is 0.300. The Bertz CT molecular complexity index is 552. The van der Waals surface area contributed by atoms with Crippen molar-refractivity contribution >= 4 is 15.8 Å². The molecule has 0 amide bonds. The highest BCUT2D eigenvalue weighted by molar-refractivity contribution is 7.90. The van der Waals surface area contributed by atoms with Crippen LogP contribution in [0.3, 0.4) is 0 Å². The lowest BCUT2D eigenvalue weighted by atomic mass is 10.1. The summed E-state index contributed by atoms with van der Waals surface area (Å²) in [5.74, 6) is -3.68. The Labute approximate surface area is 96.8 Å². The molecule has 0 heterocycles. The summed E-state index contributed by atoms with van der Waals surface area (Å²) >= 11 is 0. The average Bonchev–Trinajstić information content (AvgIpc) is 2.18. The van der Waals surface area contributed by atoms with E-state index in [0.29, 0.717) is 6.07 Å². The largest absolute Gasteiger partial charge is 0.481 e. The van der Waals surface area contributed by atoms with Crippen LogP contribution in [-0.4, -0.2) is 25.7 Å². The molecule has 1 N–H and O–H groups in total. The van der Waals surface area contributed by atoms with Crippen LogP contribution in [0.25, 0.3) is 0 Å². The van der Waals surface area contributed by atoms with Gasteiger partial charge in [-0.05, 0) is 24.1 Å². The van der Waals surface area contributed by atoms with E-state index >= 15 is 0 Å². The minimum atomic E-state index is -3.66. The first-order valence-electron chi connectivity index (χ1n) is 4.61. The van der Waals surface area contributed by atoms with Gasteiger partial charge in [-0.25, -0.2) is 17.2 Å². The summed E-state index contributed by atoms with van der Waals surface area (Å²) in [4.78, 5) is 9.95. The van der Waals surface area contributed by atoms with Crippen molar-refractivity contribution in [3.05, 3.63) is 29.3 Å². The van der Waals surface area contributed by atoms with Crippen molar-refractivity contribution in [2.24, 2.45) is 0 Å². The molecule has 0 radical (unpaired) electrons. The van der Waals surface area contributed by atoms with E-state index in [1.54, 1.807) is 0 Å². The third kappa shape index (κ3) is 3.48. The second-order valence-electron chi connectivity index (χ2n) is 3.54. The maximum atomic E-state index is 13.3. The molecule has 0 atom stereocenters. The monoisotopic (exact) mass is 264 g/mol. The second kappa shape index (κ2) is 4.79. The van der Waals surface area contributed by atoms with E-state index < -0.39 is 33.9 Å². The molecule has 17 heavy (non-hydrogen) atoms. The smallest absolute Gasteiger partial charge is 0.303 e. The molecule has 1 aromatic carbocycles. The normalized spacial score (nSPS) is 11.5. The van der Waals surface area contributed by atoms with E-state index in [-0.39, 0.29) is 16.9 Å².